The number of amides is 1. The van der Waals surface area contributed by atoms with Crippen molar-refractivity contribution in [1.29, 1.82) is 0 Å². The topological polar surface area (TPSA) is 45.2 Å². The molecule has 1 fully saturated rings. The number of hydrogen-bond donors (Lipinski definition) is 1. The van der Waals surface area contributed by atoms with Crippen LogP contribution in [0.25, 0.3) is 0 Å². The molecule has 0 aromatic carbocycles. The minimum absolute atomic E-state index is 0.101. The molecule has 0 spiro atoms. The number of piperidine rings is 1. The molecule has 104 valence electrons. The van der Waals surface area contributed by atoms with Crippen LogP contribution in [0.15, 0.2) is 18.3 Å². The van der Waals surface area contributed by atoms with Gasteiger partial charge in [-0.15, -0.1) is 0 Å². The number of nitrogens with one attached hydrogen (secondary N) is 1. The predicted octanol–water partition coefficient (Wildman–Crippen LogP) is 1.82. The first-order valence-corrected chi connectivity index (χ1v) is 6.85. The van der Waals surface area contributed by atoms with Crippen LogP contribution in [-0.4, -0.2) is 41.5 Å². The van der Waals surface area contributed by atoms with Crippen molar-refractivity contribution in [2.24, 2.45) is 0 Å². The third-order valence-electron chi connectivity index (χ3n) is 3.38. The number of halogens is 1. The van der Waals surface area contributed by atoms with Crippen molar-refractivity contribution in [2.75, 3.05) is 19.6 Å². The Bertz CT molecular complexity index is 415. The molecule has 1 aromatic rings. The average molecular weight is 265 g/mol. The van der Waals surface area contributed by atoms with E-state index >= 15 is 0 Å². The summed E-state index contributed by atoms with van der Waals surface area (Å²) in [7, 11) is 0. The van der Waals surface area contributed by atoms with E-state index in [1.165, 1.54) is 12.1 Å². The lowest BCUT2D eigenvalue weighted by Crippen LogP contribution is -2.49. The lowest BCUT2D eigenvalue weighted by molar-refractivity contribution is 0.0643. The molecule has 1 atom stereocenters. The molecule has 1 aliphatic rings. The maximum atomic E-state index is 12.9. The number of hydrogen-bond acceptors (Lipinski definition) is 3. The molecule has 4 nitrogen and oxygen atoms in total. The fourth-order valence-electron chi connectivity index (χ4n) is 2.44. The van der Waals surface area contributed by atoms with Crippen LogP contribution in [0.1, 0.15) is 36.7 Å². The van der Waals surface area contributed by atoms with Crippen LogP contribution in [0.4, 0.5) is 4.39 Å². The van der Waals surface area contributed by atoms with E-state index in [1.54, 1.807) is 0 Å². The summed E-state index contributed by atoms with van der Waals surface area (Å²) in [5.74, 6) is -0.520. The molecule has 5 heteroatoms. The van der Waals surface area contributed by atoms with Crippen molar-refractivity contribution >= 4 is 5.91 Å². The SMILES string of the molecule is CCCN(C(=O)c1ccc(F)cn1)C1CCCNC1. The van der Waals surface area contributed by atoms with Gasteiger partial charge in [0.25, 0.3) is 5.91 Å². The zero-order valence-corrected chi connectivity index (χ0v) is 11.2. The first kappa shape index (κ1) is 13.9. The smallest absolute Gasteiger partial charge is 0.272 e. The normalized spacial score (nSPS) is 19.2. The fourth-order valence-corrected chi connectivity index (χ4v) is 2.44. The van der Waals surface area contributed by atoms with Crippen LogP contribution < -0.4 is 5.32 Å². The molecule has 0 saturated carbocycles. The van der Waals surface area contributed by atoms with Crippen LogP contribution in [0.2, 0.25) is 0 Å². The Morgan fingerprint density at radius 2 is 2.42 bits per heavy atom. The lowest BCUT2D eigenvalue weighted by atomic mass is 10.0. The third kappa shape index (κ3) is 3.50. The van der Waals surface area contributed by atoms with Gasteiger partial charge >= 0.3 is 0 Å². The van der Waals surface area contributed by atoms with E-state index in [0.29, 0.717) is 12.2 Å². The van der Waals surface area contributed by atoms with E-state index < -0.39 is 5.82 Å². The molecule has 1 unspecified atom stereocenters. The van der Waals surface area contributed by atoms with E-state index in [2.05, 4.69) is 17.2 Å². The van der Waals surface area contributed by atoms with Gasteiger partial charge in [0.1, 0.15) is 11.5 Å². The molecule has 0 aliphatic carbocycles. The lowest BCUT2D eigenvalue weighted by Gasteiger charge is -2.34. The third-order valence-corrected chi connectivity index (χ3v) is 3.38. The highest BCUT2D eigenvalue weighted by Crippen LogP contribution is 2.14. The minimum atomic E-state index is -0.419. The summed E-state index contributed by atoms with van der Waals surface area (Å²) in [5, 5.41) is 3.31. The summed E-state index contributed by atoms with van der Waals surface area (Å²) in [5.41, 5.74) is 0.320. The molecule has 0 bridgehead atoms. The summed E-state index contributed by atoms with van der Waals surface area (Å²) < 4.78 is 12.9. The quantitative estimate of drug-likeness (QED) is 0.903. The first-order chi connectivity index (χ1) is 9.22. The second kappa shape index (κ2) is 6.61. The minimum Gasteiger partial charge on any atom is -0.333 e. The Balaban J connectivity index is 2.13. The highest BCUT2D eigenvalue weighted by atomic mass is 19.1. The van der Waals surface area contributed by atoms with Crippen molar-refractivity contribution in [3.63, 3.8) is 0 Å². The molecule has 2 heterocycles. The van der Waals surface area contributed by atoms with Gasteiger partial charge in [-0.2, -0.15) is 0 Å². The molecule has 1 aliphatic heterocycles. The second-order valence-corrected chi connectivity index (χ2v) is 4.86. The van der Waals surface area contributed by atoms with Crippen LogP contribution >= 0.6 is 0 Å². The zero-order chi connectivity index (χ0) is 13.7. The van der Waals surface area contributed by atoms with Crippen molar-refractivity contribution in [2.45, 2.75) is 32.2 Å². The monoisotopic (exact) mass is 265 g/mol. The number of aromatic nitrogens is 1. The highest BCUT2D eigenvalue weighted by molar-refractivity contribution is 5.92. The Morgan fingerprint density at radius 3 is 3.00 bits per heavy atom. The summed E-state index contributed by atoms with van der Waals surface area (Å²) in [6.45, 7) is 4.60. The number of rotatable bonds is 4. The van der Waals surface area contributed by atoms with Gasteiger partial charge in [-0.05, 0) is 37.9 Å². The van der Waals surface area contributed by atoms with E-state index in [9.17, 15) is 9.18 Å². The highest BCUT2D eigenvalue weighted by Gasteiger charge is 2.26. The average Bonchev–Trinajstić information content (AvgIpc) is 2.46. The van der Waals surface area contributed by atoms with E-state index in [1.807, 2.05) is 4.90 Å². The van der Waals surface area contributed by atoms with E-state index in [4.69, 9.17) is 0 Å². The molecule has 2 rings (SSSR count). The summed E-state index contributed by atoms with van der Waals surface area (Å²) in [6.07, 6.45) is 4.09. The van der Waals surface area contributed by atoms with E-state index in [0.717, 1.165) is 38.5 Å². The van der Waals surface area contributed by atoms with Crippen LogP contribution in [-0.2, 0) is 0 Å². The molecule has 19 heavy (non-hydrogen) atoms. The van der Waals surface area contributed by atoms with Gasteiger partial charge in [-0.3, -0.25) is 4.79 Å². The standard InChI is InChI=1S/C14H20FN3O/c1-2-8-18(12-4-3-7-16-10-12)14(19)13-6-5-11(15)9-17-13/h5-6,9,12,16H,2-4,7-8,10H2,1H3. The number of carbonyl (C=O) groups excluding carboxylic acids is 1. The number of nitrogens with zero attached hydrogens (tertiary/aromatic N) is 2. The van der Waals surface area contributed by atoms with Gasteiger partial charge in [0.05, 0.1) is 6.20 Å². The maximum Gasteiger partial charge on any atom is 0.272 e. The zero-order valence-electron chi connectivity index (χ0n) is 11.2. The van der Waals surface area contributed by atoms with Gasteiger partial charge in [0.15, 0.2) is 0 Å². The second-order valence-electron chi connectivity index (χ2n) is 4.86. The fraction of sp³-hybridized carbons (Fsp3) is 0.571. The molecular weight excluding hydrogens is 245 g/mol. The first-order valence-electron chi connectivity index (χ1n) is 6.85. The van der Waals surface area contributed by atoms with Crippen molar-refractivity contribution in [3.8, 4) is 0 Å². The Kier molecular flexibility index (Phi) is 4.85. The van der Waals surface area contributed by atoms with Crippen LogP contribution in [0, 0.1) is 5.82 Å². The molecule has 1 aromatic heterocycles. The number of carbonyl (C=O) groups is 1. The van der Waals surface area contributed by atoms with Gasteiger partial charge < -0.3 is 10.2 Å². The largest absolute Gasteiger partial charge is 0.333 e. The maximum absolute atomic E-state index is 12.9. The Hall–Kier alpha value is -1.49. The predicted molar refractivity (Wildman–Crippen MR) is 71.4 cm³/mol. The van der Waals surface area contributed by atoms with Crippen molar-refractivity contribution in [3.05, 3.63) is 29.8 Å². The molecule has 1 saturated heterocycles. The van der Waals surface area contributed by atoms with E-state index in [-0.39, 0.29) is 11.9 Å². The van der Waals surface area contributed by atoms with Gasteiger partial charge in [-0.25, -0.2) is 9.37 Å². The van der Waals surface area contributed by atoms with Gasteiger partial charge in [-0.1, -0.05) is 6.92 Å². The summed E-state index contributed by atoms with van der Waals surface area (Å²) >= 11 is 0. The summed E-state index contributed by atoms with van der Waals surface area (Å²) in [6, 6.07) is 2.95. The number of pyridine rings is 1. The Labute approximate surface area is 113 Å². The van der Waals surface area contributed by atoms with Crippen LogP contribution in [0.3, 0.4) is 0 Å². The van der Waals surface area contributed by atoms with Crippen molar-refractivity contribution in [1.82, 2.24) is 15.2 Å². The molecule has 1 N–H and O–H groups in total. The molecular formula is C14H20FN3O. The van der Waals surface area contributed by atoms with Gasteiger partial charge in [0.2, 0.25) is 0 Å². The van der Waals surface area contributed by atoms with Crippen molar-refractivity contribution < 1.29 is 9.18 Å². The summed E-state index contributed by atoms with van der Waals surface area (Å²) in [4.78, 5) is 18.2. The van der Waals surface area contributed by atoms with Crippen LogP contribution in [0.5, 0.6) is 0 Å². The molecule has 0 radical (unpaired) electrons. The molecule has 1 amide bonds. The van der Waals surface area contributed by atoms with Gasteiger partial charge in [0, 0.05) is 19.1 Å². The Morgan fingerprint density at radius 1 is 1.58 bits per heavy atom.